The lowest BCUT2D eigenvalue weighted by molar-refractivity contribution is 0.0933. The number of aryl methyl sites for hydroxylation is 2. The highest BCUT2D eigenvalue weighted by molar-refractivity contribution is 5.99. The Hall–Kier alpha value is -3.59. The number of aromatic nitrogens is 5. The van der Waals surface area contributed by atoms with E-state index in [1.165, 1.54) is 5.56 Å². The van der Waals surface area contributed by atoms with E-state index >= 15 is 0 Å². The van der Waals surface area contributed by atoms with Gasteiger partial charge in [0.1, 0.15) is 6.61 Å². The number of fused-ring (bicyclic) bond motifs is 2. The summed E-state index contributed by atoms with van der Waals surface area (Å²) in [5.41, 5.74) is 5.23. The first-order valence-corrected chi connectivity index (χ1v) is 9.69. The van der Waals surface area contributed by atoms with Crippen LogP contribution < -0.4 is 5.32 Å². The van der Waals surface area contributed by atoms with Gasteiger partial charge in [-0.2, -0.15) is 4.98 Å². The van der Waals surface area contributed by atoms with Crippen molar-refractivity contribution in [2.24, 2.45) is 0 Å². The van der Waals surface area contributed by atoms with E-state index < -0.39 is 0 Å². The number of amides is 1. The first-order valence-electron chi connectivity index (χ1n) is 9.69. The lowest BCUT2D eigenvalue weighted by Crippen LogP contribution is -2.27. The highest BCUT2D eigenvalue weighted by Gasteiger charge is 2.27. The van der Waals surface area contributed by atoms with Crippen LogP contribution in [0.25, 0.3) is 16.9 Å². The number of nitrogens with zero attached hydrogens (tertiary/aromatic N) is 5. The maximum atomic E-state index is 12.9. The van der Waals surface area contributed by atoms with Crippen molar-refractivity contribution in [1.82, 2.24) is 30.3 Å². The molecule has 152 valence electrons. The fourth-order valence-electron chi connectivity index (χ4n) is 3.85. The second-order valence-electron chi connectivity index (χ2n) is 7.40. The number of nitrogens with one attached hydrogen (secondary N) is 1. The first kappa shape index (κ1) is 18.4. The van der Waals surface area contributed by atoms with Gasteiger partial charge in [0, 0.05) is 18.9 Å². The molecule has 9 heteroatoms. The molecule has 0 saturated carbocycles. The van der Waals surface area contributed by atoms with Crippen LogP contribution in [-0.4, -0.2) is 38.0 Å². The molecule has 3 heterocycles. The molecular weight excluding hydrogens is 384 g/mol. The van der Waals surface area contributed by atoms with Crippen LogP contribution in [0, 0.1) is 6.92 Å². The summed E-state index contributed by atoms with van der Waals surface area (Å²) in [6.45, 7) is 2.25. The quantitative estimate of drug-likeness (QED) is 0.545. The van der Waals surface area contributed by atoms with Crippen LogP contribution in [0.1, 0.15) is 45.5 Å². The Labute approximate surface area is 172 Å². The van der Waals surface area contributed by atoms with Crippen LogP contribution in [0.4, 0.5) is 0 Å². The van der Waals surface area contributed by atoms with Crippen molar-refractivity contribution in [2.75, 3.05) is 7.11 Å². The summed E-state index contributed by atoms with van der Waals surface area (Å²) in [4.78, 5) is 17.2. The molecule has 4 aromatic rings. The Morgan fingerprint density at radius 3 is 3.10 bits per heavy atom. The van der Waals surface area contributed by atoms with Crippen LogP contribution in [-0.2, 0) is 17.8 Å². The van der Waals surface area contributed by atoms with Gasteiger partial charge in [-0.25, -0.2) is 4.52 Å². The van der Waals surface area contributed by atoms with Gasteiger partial charge in [0.05, 0.1) is 11.6 Å². The molecule has 1 amide bonds. The van der Waals surface area contributed by atoms with E-state index in [1.54, 1.807) is 17.8 Å². The summed E-state index contributed by atoms with van der Waals surface area (Å²) in [6.07, 6.45) is 3.49. The van der Waals surface area contributed by atoms with E-state index in [0.717, 1.165) is 29.5 Å². The summed E-state index contributed by atoms with van der Waals surface area (Å²) in [6, 6.07) is 9.78. The van der Waals surface area contributed by atoms with Crippen LogP contribution in [0.2, 0.25) is 0 Å². The average Bonchev–Trinajstić information content (AvgIpc) is 3.46. The zero-order valence-corrected chi connectivity index (χ0v) is 16.6. The number of carbonyl (C=O) groups is 1. The van der Waals surface area contributed by atoms with Crippen molar-refractivity contribution in [3.8, 4) is 11.4 Å². The van der Waals surface area contributed by atoms with Gasteiger partial charge in [0.15, 0.2) is 5.69 Å². The summed E-state index contributed by atoms with van der Waals surface area (Å²) in [7, 11) is 1.58. The minimum atomic E-state index is -0.222. The second-order valence-corrected chi connectivity index (χ2v) is 7.40. The smallest absolute Gasteiger partial charge is 0.274 e. The van der Waals surface area contributed by atoms with Gasteiger partial charge in [-0.1, -0.05) is 22.5 Å². The molecular formula is C21H20N6O3. The lowest BCUT2D eigenvalue weighted by atomic mass is 10.0. The maximum absolute atomic E-state index is 12.9. The van der Waals surface area contributed by atoms with Crippen molar-refractivity contribution < 1.29 is 14.1 Å². The maximum Gasteiger partial charge on any atom is 0.274 e. The average molecular weight is 404 g/mol. The van der Waals surface area contributed by atoms with Gasteiger partial charge in [-0.05, 0) is 54.7 Å². The van der Waals surface area contributed by atoms with E-state index in [1.807, 2.05) is 31.2 Å². The molecule has 30 heavy (non-hydrogen) atoms. The van der Waals surface area contributed by atoms with Crippen molar-refractivity contribution in [3.63, 3.8) is 0 Å². The van der Waals surface area contributed by atoms with Crippen molar-refractivity contribution in [2.45, 2.75) is 32.4 Å². The molecule has 0 unspecified atom stereocenters. The van der Waals surface area contributed by atoms with Crippen molar-refractivity contribution >= 4 is 11.4 Å². The number of ether oxygens (including phenoxy) is 1. The fraction of sp³-hybridized carbons (Fsp3) is 0.286. The van der Waals surface area contributed by atoms with Crippen LogP contribution in [0.15, 0.2) is 41.1 Å². The van der Waals surface area contributed by atoms with Crippen LogP contribution in [0.3, 0.4) is 0 Å². The molecule has 0 aliphatic heterocycles. The number of pyridine rings is 1. The van der Waals surface area contributed by atoms with Gasteiger partial charge < -0.3 is 14.6 Å². The van der Waals surface area contributed by atoms with Crippen molar-refractivity contribution in [3.05, 3.63) is 64.8 Å². The summed E-state index contributed by atoms with van der Waals surface area (Å²) in [5, 5.41) is 15.2. The number of rotatable bonds is 5. The van der Waals surface area contributed by atoms with Crippen molar-refractivity contribution in [1.29, 1.82) is 0 Å². The predicted molar refractivity (Wildman–Crippen MR) is 107 cm³/mol. The van der Waals surface area contributed by atoms with E-state index in [-0.39, 0.29) is 18.6 Å². The number of methoxy groups -OCH3 is 1. The number of carbonyl (C=O) groups excluding carboxylic acids is 1. The topological polar surface area (TPSA) is 107 Å². The minimum absolute atomic E-state index is 0.0718. The van der Waals surface area contributed by atoms with Gasteiger partial charge in [0.25, 0.3) is 11.8 Å². The van der Waals surface area contributed by atoms with Gasteiger partial charge in [-0.15, -0.1) is 5.10 Å². The Bertz CT molecular complexity index is 1240. The van der Waals surface area contributed by atoms with Gasteiger partial charge in [0.2, 0.25) is 5.82 Å². The molecule has 0 saturated heterocycles. The molecule has 1 aliphatic carbocycles. The van der Waals surface area contributed by atoms with E-state index in [4.69, 9.17) is 9.26 Å². The molecule has 0 spiro atoms. The largest absolute Gasteiger partial charge is 0.375 e. The Morgan fingerprint density at radius 1 is 1.33 bits per heavy atom. The third-order valence-electron chi connectivity index (χ3n) is 5.31. The van der Waals surface area contributed by atoms with E-state index in [9.17, 15) is 4.79 Å². The number of benzene rings is 1. The highest BCUT2D eigenvalue weighted by atomic mass is 16.5. The molecule has 3 aromatic heterocycles. The molecule has 1 aliphatic rings. The SMILES string of the molecule is COCc1nc(-c2ccc3c(c2)CC[C@H]3NC(=O)c2nnn3ccc(C)cc23)no1. The molecule has 0 radical (unpaired) electrons. The number of hydrogen-bond donors (Lipinski definition) is 1. The minimum Gasteiger partial charge on any atom is -0.375 e. The van der Waals surface area contributed by atoms with Gasteiger partial charge >= 0.3 is 0 Å². The first-order chi connectivity index (χ1) is 14.6. The highest BCUT2D eigenvalue weighted by Crippen LogP contribution is 2.34. The predicted octanol–water partition coefficient (Wildman–Crippen LogP) is 2.65. The standard InChI is InChI=1S/C21H20N6O3/c1-12-7-8-27-17(9-12)19(24-26-27)21(28)22-16-6-4-13-10-14(3-5-15(13)16)20-23-18(11-29-2)30-25-20/h3,5,7-10,16H,4,6,11H2,1-2H3,(H,22,28)/t16-/m1/s1. The molecule has 5 rings (SSSR count). The lowest BCUT2D eigenvalue weighted by Gasteiger charge is -2.13. The molecule has 1 N–H and O–H groups in total. The normalized spacial score (nSPS) is 15.5. The zero-order chi connectivity index (χ0) is 20.7. The van der Waals surface area contributed by atoms with Gasteiger partial charge in [-0.3, -0.25) is 4.79 Å². The third-order valence-corrected chi connectivity index (χ3v) is 5.31. The molecule has 0 fully saturated rings. The molecule has 9 nitrogen and oxygen atoms in total. The zero-order valence-electron chi connectivity index (χ0n) is 16.6. The van der Waals surface area contributed by atoms with E-state index in [2.05, 4.69) is 31.8 Å². The molecule has 1 aromatic carbocycles. The fourth-order valence-corrected chi connectivity index (χ4v) is 3.85. The third kappa shape index (κ3) is 3.22. The summed E-state index contributed by atoms with van der Waals surface area (Å²) >= 11 is 0. The Balaban J connectivity index is 1.36. The monoisotopic (exact) mass is 404 g/mol. The van der Waals surface area contributed by atoms with Crippen LogP contribution in [0.5, 0.6) is 0 Å². The van der Waals surface area contributed by atoms with E-state index in [0.29, 0.717) is 22.9 Å². The summed E-state index contributed by atoms with van der Waals surface area (Å²) < 4.78 is 11.8. The molecule has 1 atom stereocenters. The summed E-state index contributed by atoms with van der Waals surface area (Å²) in [5.74, 6) is 0.748. The second kappa shape index (κ2) is 7.34. The Morgan fingerprint density at radius 2 is 2.23 bits per heavy atom. The number of hydrogen-bond acceptors (Lipinski definition) is 7. The molecule has 0 bridgehead atoms. The van der Waals surface area contributed by atoms with Crippen LogP contribution >= 0.6 is 0 Å². The Kier molecular flexibility index (Phi) is 4.51.